The number of benzene rings is 2. The van der Waals surface area contributed by atoms with Gasteiger partial charge in [-0.05, 0) is 49.2 Å². The van der Waals surface area contributed by atoms with Crippen molar-refractivity contribution in [1.82, 2.24) is 5.32 Å². The molecule has 0 fully saturated rings. The summed E-state index contributed by atoms with van der Waals surface area (Å²) in [6.07, 6.45) is 0. The van der Waals surface area contributed by atoms with Gasteiger partial charge < -0.3 is 25.2 Å². The molecule has 28 heavy (non-hydrogen) atoms. The summed E-state index contributed by atoms with van der Waals surface area (Å²) < 4.78 is 10.3. The van der Waals surface area contributed by atoms with Crippen molar-refractivity contribution in [3.63, 3.8) is 0 Å². The number of methoxy groups -OCH3 is 2. The Bertz CT molecular complexity index is 923. The number of hydrogen-bond acceptors (Lipinski definition) is 5. The number of aromatic carboxylic acids is 1. The van der Waals surface area contributed by atoms with Crippen LogP contribution in [0.25, 0.3) is 0 Å². The molecule has 0 radical (unpaired) electrons. The summed E-state index contributed by atoms with van der Waals surface area (Å²) in [6.45, 7) is 3.17. The molecule has 0 unspecified atom stereocenters. The van der Waals surface area contributed by atoms with E-state index < -0.39 is 17.8 Å². The van der Waals surface area contributed by atoms with E-state index in [-0.39, 0.29) is 12.1 Å². The van der Waals surface area contributed by atoms with Gasteiger partial charge in [-0.3, -0.25) is 9.59 Å². The molecule has 0 spiro atoms. The zero-order chi connectivity index (χ0) is 20.8. The lowest BCUT2D eigenvalue weighted by Gasteiger charge is -2.12. The van der Waals surface area contributed by atoms with Gasteiger partial charge in [0.1, 0.15) is 0 Å². The second kappa shape index (κ2) is 8.90. The summed E-state index contributed by atoms with van der Waals surface area (Å²) in [5, 5.41) is 14.3. The minimum Gasteiger partial charge on any atom is -0.493 e. The molecule has 0 atom stereocenters. The first-order valence-electron chi connectivity index (χ1n) is 8.41. The molecule has 0 saturated carbocycles. The van der Waals surface area contributed by atoms with Crippen LogP contribution in [0.15, 0.2) is 30.3 Å². The highest BCUT2D eigenvalue weighted by molar-refractivity contribution is 6.00. The lowest BCUT2D eigenvalue weighted by molar-refractivity contribution is -0.115. The lowest BCUT2D eigenvalue weighted by Crippen LogP contribution is -2.33. The van der Waals surface area contributed by atoms with Gasteiger partial charge in [0.25, 0.3) is 5.91 Å². The van der Waals surface area contributed by atoms with Crippen LogP contribution in [0.2, 0.25) is 0 Å². The zero-order valence-electron chi connectivity index (χ0n) is 16.1. The Labute approximate surface area is 162 Å². The number of nitrogens with one attached hydrogen (secondary N) is 2. The van der Waals surface area contributed by atoms with E-state index in [1.54, 1.807) is 32.0 Å². The highest BCUT2D eigenvalue weighted by atomic mass is 16.5. The van der Waals surface area contributed by atoms with Crippen molar-refractivity contribution in [2.24, 2.45) is 0 Å². The zero-order valence-corrected chi connectivity index (χ0v) is 16.1. The van der Waals surface area contributed by atoms with E-state index in [0.29, 0.717) is 28.3 Å². The van der Waals surface area contributed by atoms with Gasteiger partial charge in [-0.2, -0.15) is 0 Å². The Kier molecular flexibility index (Phi) is 6.59. The highest BCUT2D eigenvalue weighted by Crippen LogP contribution is 2.27. The molecule has 0 bridgehead atoms. The first-order chi connectivity index (χ1) is 13.3. The van der Waals surface area contributed by atoms with Crippen LogP contribution in [-0.2, 0) is 4.79 Å². The third-order valence-corrected chi connectivity index (χ3v) is 4.13. The summed E-state index contributed by atoms with van der Waals surface area (Å²) in [7, 11) is 2.95. The first-order valence-corrected chi connectivity index (χ1v) is 8.41. The summed E-state index contributed by atoms with van der Waals surface area (Å²) in [5.41, 5.74) is 2.13. The van der Waals surface area contributed by atoms with E-state index in [0.717, 1.165) is 5.56 Å². The maximum absolute atomic E-state index is 12.3. The molecule has 8 heteroatoms. The normalized spacial score (nSPS) is 10.1. The number of anilines is 1. The predicted molar refractivity (Wildman–Crippen MR) is 103 cm³/mol. The van der Waals surface area contributed by atoms with Crippen molar-refractivity contribution < 1.29 is 29.0 Å². The second-order valence-electron chi connectivity index (χ2n) is 6.09. The number of amides is 2. The summed E-state index contributed by atoms with van der Waals surface area (Å²) in [5.74, 6) is -1.12. The van der Waals surface area contributed by atoms with E-state index in [9.17, 15) is 19.5 Å². The van der Waals surface area contributed by atoms with Crippen LogP contribution in [0.5, 0.6) is 11.5 Å². The van der Waals surface area contributed by atoms with E-state index in [1.807, 2.05) is 0 Å². The van der Waals surface area contributed by atoms with Crippen LogP contribution in [0, 0.1) is 13.8 Å². The number of aryl methyl sites for hydroxylation is 2. The fourth-order valence-corrected chi connectivity index (χ4v) is 2.65. The molecule has 2 aromatic rings. The Hall–Kier alpha value is -3.55. The number of carbonyl (C=O) groups is 3. The third-order valence-electron chi connectivity index (χ3n) is 4.13. The summed E-state index contributed by atoms with van der Waals surface area (Å²) in [4.78, 5) is 35.7. The summed E-state index contributed by atoms with van der Waals surface area (Å²) in [6, 6.07) is 7.74. The van der Waals surface area contributed by atoms with Gasteiger partial charge in [0.15, 0.2) is 11.5 Å². The smallest absolute Gasteiger partial charge is 0.336 e. The molecule has 0 heterocycles. The first kappa shape index (κ1) is 20.8. The van der Waals surface area contributed by atoms with Gasteiger partial charge in [-0.25, -0.2) is 4.79 Å². The third kappa shape index (κ3) is 4.79. The van der Waals surface area contributed by atoms with Gasteiger partial charge >= 0.3 is 5.97 Å². The van der Waals surface area contributed by atoms with Crippen LogP contribution < -0.4 is 20.1 Å². The molecule has 0 aliphatic heterocycles. The average Bonchev–Trinajstić information content (AvgIpc) is 2.67. The van der Waals surface area contributed by atoms with Crippen LogP contribution in [-0.4, -0.2) is 43.7 Å². The monoisotopic (exact) mass is 386 g/mol. The van der Waals surface area contributed by atoms with Gasteiger partial charge in [0, 0.05) is 11.3 Å². The Morgan fingerprint density at radius 1 is 0.964 bits per heavy atom. The summed E-state index contributed by atoms with van der Waals surface area (Å²) >= 11 is 0. The van der Waals surface area contributed by atoms with Crippen molar-refractivity contribution in [2.45, 2.75) is 13.8 Å². The topological polar surface area (TPSA) is 114 Å². The molecule has 0 saturated heterocycles. The van der Waals surface area contributed by atoms with Crippen LogP contribution in [0.1, 0.15) is 31.8 Å². The van der Waals surface area contributed by atoms with Gasteiger partial charge in [-0.1, -0.05) is 6.07 Å². The molecule has 0 aliphatic rings. The molecule has 2 aromatic carbocycles. The van der Waals surface area contributed by atoms with E-state index in [2.05, 4.69) is 10.6 Å². The van der Waals surface area contributed by atoms with Crippen molar-refractivity contribution >= 4 is 23.5 Å². The standard InChI is InChI=1S/C20H22N2O6/c1-11-7-12(2)15(9-14(11)20(25)26)22-18(23)10-21-19(24)13-5-6-16(27-3)17(8-13)28-4/h5-9H,10H2,1-4H3,(H,21,24)(H,22,23)(H,25,26). The van der Waals surface area contributed by atoms with Crippen LogP contribution in [0.3, 0.4) is 0 Å². The molecule has 3 N–H and O–H groups in total. The maximum atomic E-state index is 12.3. The van der Waals surface area contributed by atoms with Crippen molar-refractivity contribution in [1.29, 1.82) is 0 Å². The largest absolute Gasteiger partial charge is 0.493 e. The van der Waals surface area contributed by atoms with Crippen molar-refractivity contribution in [3.05, 3.63) is 52.6 Å². The molecule has 148 valence electrons. The Balaban J connectivity index is 2.04. The van der Waals surface area contributed by atoms with Crippen molar-refractivity contribution in [2.75, 3.05) is 26.1 Å². The van der Waals surface area contributed by atoms with Crippen LogP contribution >= 0.6 is 0 Å². The molecule has 8 nitrogen and oxygen atoms in total. The number of hydrogen-bond donors (Lipinski definition) is 3. The molecule has 0 aromatic heterocycles. The number of carbonyl (C=O) groups excluding carboxylic acids is 2. The fraction of sp³-hybridized carbons (Fsp3) is 0.250. The Morgan fingerprint density at radius 2 is 1.64 bits per heavy atom. The quantitative estimate of drug-likeness (QED) is 0.673. The van der Waals surface area contributed by atoms with Gasteiger partial charge in [0.05, 0.1) is 26.3 Å². The van der Waals surface area contributed by atoms with Crippen molar-refractivity contribution in [3.8, 4) is 11.5 Å². The number of carboxylic acid groups (broad SMARTS) is 1. The molecular weight excluding hydrogens is 364 g/mol. The minimum atomic E-state index is -1.07. The molecule has 2 amide bonds. The molecule has 2 rings (SSSR count). The fourth-order valence-electron chi connectivity index (χ4n) is 2.65. The van der Waals surface area contributed by atoms with E-state index in [4.69, 9.17) is 9.47 Å². The lowest BCUT2D eigenvalue weighted by atomic mass is 10.0. The molecule has 0 aliphatic carbocycles. The van der Waals surface area contributed by atoms with E-state index in [1.165, 1.54) is 26.4 Å². The maximum Gasteiger partial charge on any atom is 0.336 e. The predicted octanol–water partition coefficient (Wildman–Crippen LogP) is 2.39. The van der Waals surface area contributed by atoms with Gasteiger partial charge in [0.2, 0.25) is 5.91 Å². The molecular formula is C20H22N2O6. The van der Waals surface area contributed by atoms with Gasteiger partial charge in [-0.15, -0.1) is 0 Å². The Morgan fingerprint density at radius 3 is 2.25 bits per heavy atom. The SMILES string of the molecule is COc1ccc(C(=O)NCC(=O)Nc2cc(C(=O)O)c(C)cc2C)cc1OC. The number of carboxylic acids is 1. The minimum absolute atomic E-state index is 0.107. The van der Waals surface area contributed by atoms with Crippen LogP contribution in [0.4, 0.5) is 5.69 Å². The number of ether oxygens (including phenoxy) is 2. The van der Waals surface area contributed by atoms with E-state index >= 15 is 0 Å². The number of rotatable bonds is 7. The average molecular weight is 386 g/mol. The highest BCUT2D eigenvalue weighted by Gasteiger charge is 2.14. The second-order valence-corrected chi connectivity index (χ2v) is 6.09.